The molecule has 2 atom stereocenters. The van der Waals surface area contributed by atoms with Crippen molar-refractivity contribution in [3.8, 4) is 0 Å². The van der Waals surface area contributed by atoms with E-state index in [1.165, 1.54) is 5.57 Å². The summed E-state index contributed by atoms with van der Waals surface area (Å²) in [7, 11) is 0. The molecule has 0 radical (unpaired) electrons. The first-order valence-corrected chi connectivity index (χ1v) is 9.15. The van der Waals surface area contributed by atoms with Crippen LogP contribution in [0, 0.1) is 5.92 Å². The Labute approximate surface area is 149 Å². The van der Waals surface area contributed by atoms with Crippen LogP contribution in [0.2, 0.25) is 0 Å². The summed E-state index contributed by atoms with van der Waals surface area (Å²) in [5.74, 6) is 0.345. The number of amides is 2. The van der Waals surface area contributed by atoms with E-state index in [-0.39, 0.29) is 23.8 Å². The van der Waals surface area contributed by atoms with Gasteiger partial charge in [-0.15, -0.1) is 0 Å². The van der Waals surface area contributed by atoms with Gasteiger partial charge in [0.05, 0.1) is 5.92 Å². The van der Waals surface area contributed by atoms with E-state index in [2.05, 4.69) is 24.9 Å². The number of hydrogen-bond donors (Lipinski definition) is 0. The Bertz CT molecular complexity index is 652. The van der Waals surface area contributed by atoms with Crippen molar-refractivity contribution < 1.29 is 9.59 Å². The topological polar surface area (TPSA) is 53.5 Å². The maximum atomic E-state index is 12.7. The molecule has 0 aliphatic carbocycles. The minimum Gasteiger partial charge on any atom is -0.340 e. The van der Waals surface area contributed by atoms with Gasteiger partial charge < -0.3 is 9.80 Å². The van der Waals surface area contributed by atoms with Crippen LogP contribution in [-0.4, -0.2) is 52.3 Å². The van der Waals surface area contributed by atoms with Crippen LogP contribution in [0.4, 0.5) is 0 Å². The lowest BCUT2D eigenvalue weighted by Crippen LogP contribution is -2.48. The summed E-state index contributed by atoms with van der Waals surface area (Å²) in [6, 6.07) is 4.06. The molecule has 134 valence electrons. The van der Waals surface area contributed by atoms with E-state index in [9.17, 15) is 9.59 Å². The van der Waals surface area contributed by atoms with Crippen molar-refractivity contribution in [2.24, 2.45) is 5.92 Å². The zero-order valence-corrected chi connectivity index (χ0v) is 15.1. The third-order valence-electron chi connectivity index (χ3n) is 5.22. The molecule has 4 rings (SSSR count). The summed E-state index contributed by atoms with van der Waals surface area (Å²) in [6.45, 7) is 6.02. The highest BCUT2D eigenvalue weighted by atomic mass is 16.2. The molecule has 5 nitrogen and oxygen atoms in total. The Morgan fingerprint density at radius 1 is 1.24 bits per heavy atom. The van der Waals surface area contributed by atoms with Crippen molar-refractivity contribution in [2.75, 3.05) is 19.6 Å². The van der Waals surface area contributed by atoms with E-state index in [0.29, 0.717) is 26.1 Å². The quantitative estimate of drug-likeness (QED) is 0.773. The summed E-state index contributed by atoms with van der Waals surface area (Å²) in [5.41, 5.74) is 2.35. The number of hydrogen-bond acceptors (Lipinski definition) is 3. The number of fused-ring (bicyclic) bond motifs is 4. The molecule has 0 unspecified atom stereocenters. The van der Waals surface area contributed by atoms with E-state index in [1.54, 1.807) is 12.4 Å². The number of aryl methyl sites for hydroxylation is 1. The van der Waals surface area contributed by atoms with Crippen LogP contribution < -0.4 is 0 Å². The maximum absolute atomic E-state index is 12.7. The first-order chi connectivity index (χ1) is 12.0. The highest BCUT2D eigenvalue weighted by molar-refractivity contribution is 5.83. The molecule has 1 aromatic rings. The molecule has 5 heteroatoms. The zero-order valence-electron chi connectivity index (χ0n) is 15.1. The predicted octanol–water partition coefficient (Wildman–Crippen LogP) is 2.43. The minimum absolute atomic E-state index is 0.0332. The Kier molecular flexibility index (Phi) is 5.51. The van der Waals surface area contributed by atoms with Gasteiger partial charge in [-0.05, 0) is 50.8 Å². The zero-order chi connectivity index (χ0) is 17.8. The molecule has 0 N–H and O–H groups in total. The average Bonchev–Trinajstić information content (AvgIpc) is 2.90. The summed E-state index contributed by atoms with van der Waals surface area (Å²) in [4.78, 5) is 33.3. The molecule has 25 heavy (non-hydrogen) atoms. The Morgan fingerprint density at radius 2 is 2.00 bits per heavy atom. The van der Waals surface area contributed by atoms with Crippen molar-refractivity contribution in [3.05, 3.63) is 41.7 Å². The molecule has 2 amide bonds. The predicted molar refractivity (Wildman–Crippen MR) is 96.8 cm³/mol. The second kappa shape index (κ2) is 7.81. The molecule has 3 saturated heterocycles. The number of allylic oxidation sites excluding steroid dienone is 1. The van der Waals surface area contributed by atoms with Gasteiger partial charge in [-0.2, -0.15) is 0 Å². The van der Waals surface area contributed by atoms with E-state index >= 15 is 0 Å². The molecular formula is C20H27N3O2. The fourth-order valence-electron chi connectivity index (χ4n) is 3.72. The fraction of sp³-hybridized carbons (Fsp3) is 0.550. The van der Waals surface area contributed by atoms with E-state index in [0.717, 1.165) is 24.8 Å². The molecule has 3 aliphatic rings. The number of rotatable bonds is 5. The van der Waals surface area contributed by atoms with E-state index < -0.39 is 0 Å². The van der Waals surface area contributed by atoms with Crippen LogP contribution in [-0.2, 0) is 16.0 Å². The molecule has 0 saturated carbocycles. The smallest absolute Gasteiger partial charge is 0.228 e. The standard InChI is InChI=1S/C20H27N3O2/c1-15(2)9-12-23-18-5-4-17(20(23)25)13-22(14-18)19(24)6-3-16-7-10-21-11-8-16/h7-11,17-18H,3-6,12-14H2,1-2H3/t17-,18+/m0/s1. The second-order valence-electron chi connectivity index (χ2n) is 7.35. The van der Waals surface area contributed by atoms with Crippen molar-refractivity contribution in [1.29, 1.82) is 0 Å². The summed E-state index contributed by atoms with van der Waals surface area (Å²) in [6.07, 6.45) is 8.74. The highest BCUT2D eigenvalue weighted by Crippen LogP contribution is 2.29. The van der Waals surface area contributed by atoms with Gasteiger partial charge in [0.2, 0.25) is 11.8 Å². The normalized spacial score (nSPS) is 22.7. The molecule has 2 bridgehead atoms. The summed E-state index contributed by atoms with van der Waals surface area (Å²) >= 11 is 0. The first kappa shape index (κ1) is 17.6. The molecule has 3 fully saturated rings. The van der Waals surface area contributed by atoms with Crippen LogP contribution in [0.5, 0.6) is 0 Å². The van der Waals surface area contributed by atoms with E-state index in [4.69, 9.17) is 0 Å². The number of nitrogens with zero attached hydrogens (tertiary/aromatic N) is 3. The van der Waals surface area contributed by atoms with Crippen LogP contribution in [0.1, 0.15) is 38.7 Å². The van der Waals surface area contributed by atoms with Crippen LogP contribution in [0.15, 0.2) is 36.2 Å². The Morgan fingerprint density at radius 3 is 2.72 bits per heavy atom. The van der Waals surface area contributed by atoms with Crippen LogP contribution in [0.25, 0.3) is 0 Å². The van der Waals surface area contributed by atoms with Crippen molar-refractivity contribution >= 4 is 11.8 Å². The third-order valence-corrected chi connectivity index (χ3v) is 5.22. The van der Waals surface area contributed by atoms with E-state index in [1.807, 2.05) is 21.9 Å². The van der Waals surface area contributed by atoms with Gasteiger partial charge in [0.1, 0.15) is 0 Å². The second-order valence-corrected chi connectivity index (χ2v) is 7.35. The Hall–Kier alpha value is -2.17. The molecule has 0 aromatic carbocycles. The number of aromatic nitrogens is 1. The molecule has 0 spiro atoms. The average molecular weight is 341 g/mol. The van der Waals surface area contributed by atoms with Gasteiger partial charge in [-0.3, -0.25) is 14.6 Å². The van der Waals surface area contributed by atoms with Gasteiger partial charge in [0, 0.05) is 44.5 Å². The first-order valence-electron chi connectivity index (χ1n) is 9.15. The molecule has 3 aliphatic heterocycles. The van der Waals surface area contributed by atoms with Crippen molar-refractivity contribution in [2.45, 2.75) is 45.6 Å². The lowest BCUT2D eigenvalue weighted by molar-refractivity contribution is -0.139. The van der Waals surface area contributed by atoms with Gasteiger partial charge in [-0.25, -0.2) is 0 Å². The summed E-state index contributed by atoms with van der Waals surface area (Å²) < 4.78 is 0. The third kappa shape index (κ3) is 4.27. The lowest BCUT2D eigenvalue weighted by atomic mass is 9.94. The van der Waals surface area contributed by atoms with Crippen molar-refractivity contribution in [1.82, 2.24) is 14.8 Å². The molecule has 4 heterocycles. The number of piperidine rings is 1. The molecule has 1 aromatic heterocycles. The number of pyridine rings is 1. The SMILES string of the molecule is CC(C)=CCN1C(=O)[C@H]2CC[C@@H]1CN(C(=O)CCc1ccncc1)C2. The van der Waals surface area contributed by atoms with Crippen LogP contribution >= 0.6 is 0 Å². The minimum atomic E-state index is -0.0332. The van der Waals surface area contributed by atoms with Gasteiger partial charge in [0.25, 0.3) is 0 Å². The number of carbonyl (C=O) groups is 2. The lowest BCUT2D eigenvalue weighted by Gasteiger charge is -2.35. The fourth-order valence-corrected chi connectivity index (χ4v) is 3.72. The van der Waals surface area contributed by atoms with Gasteiger partial charge >= 0.3 is 0 Å². The largest absolute Gasteiger partial charge is 0.340 e. The maximum Gasteiger partial charge on any atom is 0.228 e. The van der Waals surface area contributed by atoms with Gasteiger partial charge in [0.15, 0.2) is 0 Å². The van der Waals surface area contributed by atoms with Gasteiger partial charge in [-0.1, -0.05) is 11.6 Å². The van der Waals surface area contributed by atoms with Crippen LogP contribution in [0.3, 0.4) is 0 Å². The Balaban J connectivity index is 1.63. The monoisotopic (exact) mass is 341 g/mol. The van der Waals surface area contributed by atoms with Crippen molar-refractivity contribution in [3.63, 3.8) is 0 Å². The molecular weight excluding hydrogens is 314 g/mol. The summed E-state index contributed by atoms with van der Waals surface area (Å²) in [5, 5.41) is 0. The number of carbonyl (C=O) groups excluding carboxylic acids is 2. The highest BCUT2D eigenvalue weighted by Gasteiger charge is 2.41.